The molecule has 2 aliphatic heterocycles. The first-order chi connectivity index (χ1) is 19.9. The van der Waals surface area contributed by atoms with Gasteiger partial charge in [0.15, 0.2) is 5.60 Å². The molecule has 0 atom stereocenters. The molecule has 0 aromatic heterocycles. The molecule has 0 radical (unpaired) electrons. The first-order valence-corrected chi connectivity index (χ1v) is 13.3. The highest BCUT2D eigenvalue weighted by atomic mass is 16.7. The Hall–Kier alpha value is -4.94. The molecule has 13 nitrogen and oxygen atoms in total. The third kappa shape index (κ3) is 7.42. The van der Waals surface area contributed by atoms with E-state index < -0.39 is 48.2 Å². The van der Waals surface area contributed by atoms with Gasteiger partial charge in [-0.05, 0) is 61.2 Å². The van der Waals surface area contributed by atoms with Crippen molar-refractivity contribution in [2.75, 3.05) is 18.8 Å². The van der Waals surface area contributed by atoms with Gasteiger partial charge in [-0.3, -0.25) is 19.2 Å². The molecule has 42 heavy (non-hydrogen) atoms. The highest BCUT2D eigenvalue weighted by Crippen LogP contribution is 2.35. The lowest BCUT2D eigenvalue weighted by Crippen LogP contribution is -2.40. The predicted molar refractivity (Wildman–Crippen MR) is 147 cm³/mol. The van der Waals surface area contributed by atoms with E-state index in [-0.39, 0.29) is 42.2 Å². The van der Waals surface area contributed by atoms with Crippen LogP contribution in [0.1, 0.15) is 60.0 Å². The van der Waals surface area contributed by atoms with Crippen LogP contribution in [0.4, 0.5) is 5.69 Å². The third-order valence-corrected chi connectivity index (χ3v) is 7.34. The van der Waals surface area contributed by atoms with Gasteiger partial charge in [-0.25, -0.2) is 4.79 Å². The second kappa shape index (κ2) is 12.7. The number of anilines is 1. The number of carboxylic acid groups (broad SMARTS) is 3. The topological polar surface area (TPSA) is 206 Å². The van der Waals surface area contributed by atoms with E-state index in [9.17, 15) is 39.3 Å². The molecule has 2 aromatic rings. The Morgan fingerprint density at radius 2 is 1.62 bits per heavy atom. The maximum absolute atomic E-state index is 12.9. The van der Waals surface area contributed by atoms with Gasteiger partial charge in [0.1, 0.15) is 5.75 Å². The summed E-state index contributed by atoms with van der Waals surface area (Å²) < 4.78 is 5.54. The number of aliphatic carboxylic acids is 3. The SMILES string of the molecule is Nc1ccc(C(=O)Oc2ccc(CCC(=O)N3CCC(C(=O)O)CC3)c(C3=NOC(CC(=O)O)(CC(=O)O)C3)c2)cc1. The van der Waals surface area contributed by atoms with Crippen molar-refractivity contribution in [3.63, 3.8) is 0 Å². The number of rotatable bonds is 11. The number of aryl methyl sites for hydroxylation is 1. The number of oxime groups is 1. The molecule has 0 aliphatic carbocycles. The lowest BCUT2D eigenvalue weighted by Gasteiger charge is -2.30. The molecular weight excluding hydrogens is 550 g/mol. The Bertz CT molecular complexity index is 1400. The molecule has 1 amide bonds. The Morgan fingerprint density at radius 1 is 0.976 bits per heavy atom. The van der Waals surface area contributed by atoms with Crippen LogP contribution in [0.25, 0.3) is 0 Å². The van der Waals surface area contributed by atoms with Crippen LogP contribution in [0, 0.1) is 5.92 Å². The largest absolute Gasteiger partial charge is 0.481 e. The van der Waals surface area contributed by atoms with Crippen LogP contribution >= 0.6 is 0 Å². The molecule has 1 fully saturated rings. The minimum atomic E-state index is -1.61. The van der Waals surface area contributed by atoms with Crippen molar-refractivity contribution in [3.05, 3.63) is 59.2 Å². The molecule has 0 unspecified atom stereocenters. The summed E-state index contributed by atoms with van der Waals surface area (Å²) in [5, 5.41) is 32.0. The van der Waals surface area contributed by atoms with E-state index in [4.69, 9.17) is 15.3 Å². The number of nitrogens with two attached hydrogens (primary N) is 1. The quantitative estimate of drug-likeness (QED) is 0.172. The molecule has 2 aliphatic rings. The molecule has 0 bridgehead atoms. The standard InChI is InChI=1S/C29H31N3O10/c30-20-5-1-19(2-6-20)28(40)41-21-7-3-17(4-8-24(33)32-11-9-18(10-12-32)27(38)39)22(13-21)23-14-29(42-31-23,15-25(34)35)16-26(36)37/h1-3,5-7,13,18H,4,8-12,14-16,30H2,(H,34,35)(H,36,37)(H,38,39). The molecule has 4 rings (SSSR count). The number of carbonyl (C=O) groups is 5. The lowest BCUT2D eigenvalue weighted by atomic mass is 9.86. The average molecular weight is 582 g/mol. The number of amides is 1. The number of nitrogen functional groups attached to an aromatic ring is 1. The predicted octanol–water partition coefficient (Wildman–Crippen LogP) is 2.56. The minimum Gasteiger partial charge on any atom is -0.481 e. The van der Waals surface area contributed by atoms with Crippen LogP contribution in [-0.2, 0) is 30.4 Å². The fraction of sp³-hybridized carbons (Fsp3) is 0.379. The number of benzene rings is 2. The van der Waals surface area contributed by atoms with E-state index in [0.29, 0.717) is 42.7 Å². The van der Waals surface area contributed by atoms with Crippen molar-refractivity contribution in [3.8, 4) is 5.75 Å². The zero-order valence-electron chi connectivity index (χ0n) is 22.7. The van der Waals surface area contributed by atoms with Crippen molar-refractivity contribution in [1.29, 1.82) is 0 Å². The lowest BCUT2D eigenvalue weighted by molar-refractivity contribution is -0.151. The number of esters is 1. The smallest absolute Gasteiger partial charge is 0.343 e. The van der Waals surface area contributed by atoms with Gasteiger partial charge in [0.25, 0.3) is 0 Å². The van der Waals surface area contributed by atoms with E-state index >= 15 is 0 Å². The maximum Gasteiger partial charge on any atom is 0.343 e. The van der Waals surface area contributed by atoms with Gasteiger partial charge in [-0.2, -0.15) is 0 Å². The number of carboxylic acids is 3. The van der Waals surface area contributed by atoms with Gasteiger partial charge in [-0.1, -0.05) is 11.2 Å². The number of ether oxygens (including phenoxy) is 1. The van der Waals surface area contributed by atoms with Crippen molar-refractivity contribution < 1.29 is 48.9 Å². The minimum absolute atomic E-state index is 0.0961. The number of piperidine rings is 1. The van der Waals surface area contributed by atoms with Crippen molar-refractivity contribution in [2.45, 2.75) is 50.5 Å². The summed E-state index contributed by atoms with van der Waals surface area (Å²) >= 11 is 0. The average Bonchev–Trinajstić information content (AvgIpc) is 3.34. The second-order valence-electron chi connectivity index (χ2n) is 10.5. The number of hydrogen-bond donors (Lipinski definition) is 4. The van der Waals surface area contributed by atoms with E-state index in [1.165, 1.54) is 18.2 Å². The molecule has 5 N–H and O–H groups in total. The number of likely N-dealkylation sites (tertiary alicyclic amines) is 1. The molecule has 0 spiro atoms. The van der Waals surface area contributed by atoms with Crippen LogP contribution in [-0.4, -0.2) is 74.4 Å². The van der Waals surface area contributed by atoms with Gasteiger partial charge < -0.3 is 35.5 Å². The summed E-state index contributed by atoms with van der Waals surface area (Å²) in [6, 6.07) is 10.9. The van der Waals surface area contributed by atoms with Gasteiger partial charge >= 0.3 is 23.9 Å². The Balaban J connectivity index is 1.56. The monoisotopic (exact) mass is 581 g/mol. The van der Waals surface area contributed by atoms with Gasteiger partial charge in [0, 0.05) is 37.2 Å². The summed E-state index contributed by atoms with van der Waals surface area (Å²) in [6.45, 7) is 0.687. The number of carbonyl (C=O) groups excluding carboxylic acids is 2. The molecule has 222 valence electrons. The van der Waals surface area contributed by atoms with Crippen LogP contribution in [0.3, 0.4) is 0 Å². The summed E-state index contributed by atoms with van der Waals surface area (Å²) in [5.41, 5.74) is 6.12. The van der Waals surface area contributed by atoms with Crippen molar-refractivity contribution in [1.82, 2.24) is 4.90 Å². The Morgan fingerprint density at radius 3 is 2.21 bits per heavy atom. The van der Waals surface area contributed by atoms with Crippen molar-refractivity contribution in [2.24, 2.45) is 11.1 Å². The summed E-state index contributed by atoms with van der Waals surface area (Å²) in [5.74, 6) is -4.50. The molecule has 2 heterocycles. The number of nitrogens with zero attached hydrogens (tertiary/aromatic N) is 2. The van der Waals surface area contributed by atoms with E-state index in [1.807, 2.05) is 0 Å². The van der Waals surface area contributed by atoms with Crippen LogP contribution in [0.5, 0.6) is 5.75 Å². The summed E-state index contributed by atoms with van der Waals surface area (Å²) in [4.78, 5) is 66.9. The first-order valence-electron chi connectivity index (χ1n) is 13.3. The van der Waals surface area contributed by atoms with E-state index in [0.717, 1.165) is 0 Å². The van der Waals surface area contributed by atoms with Crippen LogP contribution < -0.4 is 10.5 Å². The maximum atomic E-state index is 12.9. The van der Waals surface area contributed by atoms with Gasteiger partial charge in [0.05, 0.1) is 30.0 Å². The van der Waals surface area contributed by atoms with Crippen molar-refractivity contribution >= 4 is 41.2 Å². The Labute approximate surface area is 240 Å². The van der Waals surface area contributed by atoms with Crippen LogP contribution in [0.2, 0.25) is 0 Å². The summed E-state index contributed by atoms with van der Waals surface area (Å²) in [6.07, 6.45) is -0.240. The highest BCUT2D eigenvalue weighted by Gasteiger charge is 2.44. The molecule has 0 saturated carbocycles. The molecule has 2 aromatic carbocycles. The Kier molecular flexibility index (Phi) is 9.09. The fourth-order valence-corrected chi connectivity index (χ4v) is 5.14. The molecule has 1 saturated heterocycles. The van der Waals surface area contributed by atoms with Crippen LogP contribution in [0.15, 0.2) is 47.6 Å². The number of hydrogen-bond acceptors (Lipinski definition) is 9. The zero-order valence-corrected chi connectivity index (χ0v) is 22.7. The third-order valence-electron chi connectivity index (χ3n) is 7.34. The molecule has 13 heteroatoms. The van der Waals surface area contributed by atoms with Gasteiger partial charge in [-0.15, -0.1) is 0 Å². The normalized spacial score (nSPS) is 16.3. The second-order valence-corrected chi connectivity index (χ2v) is 10.5. The molecular formula is C29H31N3O10. The zero-order chi connectivity index (χ0) is 30.4. The summed E-state index contributed by atoms with van der Waals surface area (Å²) in [7, 11) is 0. The van der Waals surface area contributed by atoms with Gasteiger partial charge in [0.2, 0.25) is 5.91 Å². The van der Waals surface area contributed by atoms with E-state index in [1.54, 1.807) is 29.2 Å². The highest BCUT2D eigenvalue weighted by molar-refractivity contribution is 6.04. The fourth-order valence-electron chi connectivity index (χ4n) is 5.14. The van der Waals surface area contributed by atoms with E-state index in [2.05, 4.69) is 5.16 Å². The first kappa shape index (κ1) is 30.0.